The van der Waals surface area contributed by atoms with E-state index >= 15 is 0 Å². The zero-order chi connectivity index (χ0) is 11.3. The first-order chi connectivity index (χ1) is 5.44. The summed E-state index contributed by atoms with van der Waals surface area (Å²) in [5.41, 5.74) is 0. The summed E-state index contributed by atoms with van der Waals surface area (Å²) >= 11 is 0. The van der Waals surface area contributed by atoms with Crippen LogP contribution in [0.3, 0.4) is 0 Å². The average Bonchev–Trinajstić information content (AvgIpc) is 1.47. The van der Waals surface area contributed by atoms with Gasteiger partial charge in [0.05, 0.1) is 0 Å². The quantitative estimate of drug-likeness (QED) is 0.179. The fraction of sp³-hybridized carbons (Fsp3) is 0. The van der Waals surface area contributed by atoms with Gasteiger partial charge < -0.3 is 29.2 Å². The standard InChI is InChI=1S/4K.Na.H4O7P2.H2O3Si.5H/c;;;;;1-8(2,3)7-9(4,5)6;1-4(2)3;;;;;/h;;;;;(H2,1,2,3)(H2,4,5,6);1-2H;;;;;. The molecule has 0 aliphatic heterocycles. The van der Waals surface area contributed by atoms with Gasteiger partial charge in [-0.05, 0) is 0 Å². The third-order valence-corrected chi connectivity index (χ3v) is 1.91. The molecule has 0 saturated carbocycles. The zero-order valence-electron chi connectivity index (χ0n) is 5.71. The molecular weight excluding hydrogens is 429 g/mol. The van der Waals surface area contributed by atoms with Gasteiger partial charge >= 0.3 is 260 Å². The molecule has 0 aliphatic rings. The summed E-state index contributed by atoms with van der Waals surface area (Å²) in [7, 11) is -13.2. The molecule has 0 saturated heterocycles. The van der Waals surface area contributed by atoms with Gasteiger partial charge in [-0.3, -0.25) is 4.46 Å². The first-order valence-corrected chi connectivity index (χ1v) is 6.54. The van der Waals surface area contributed by atoms with Crippen LogP contribution < -0.4 is 0 Å². The van der Waals surface area contributed by atoms with Gasteiger partial charge in [-0.25, -0.2) is 9.13 Å². The first kappa shape index (κ1) is 44.7. The van der Waals surface area contributed by atoms with E-state index in [0.717, 1.165) is 0 Å². The Labute approximate surface area is 297 Å². The van der Waals surface area contributed by atoms with E-state index in [1.54, 1.807) is 0 Å². The summed E-state index contributed by atoms with van der Waals surface area (Å²) < 4.78 is 31.0. The fourth-order valence-corrected chi connectivity index (χ4v) is 1.25. The molecule has 0 aliphatic carbocycles. The van der Waals surface area contributed by atoms with Crippen molar-refractivity contribution in [3.05, 3.63) is 0 Å². The van der Waals surface area contributed by atoms with Crippen LogP contribution in [0, 0.1) is 0 Å². The minimum absolute atomic E-state index is 0. The van der Waals surface area contributed by atoms with Crippen LogP contribution in [-0.4, -0.2) is 273 Å². The van der Waals surface area contributed by atoms with Crippen LogP contribution >= 0.6 is 15.6 Å². The van der Waals surface area contributed by atoms with E-state index in [4.69, 9.17) is 33.6 Å². The molecule has 0 radical (unpaired) electrons. The molecule has 18 heteroatoms. The number of phosphoric acid groups is 2. The zero-order valence-corrected chi connectivity index (χ0v) is 8.50. The van der Waals surface area contributed by atoms with Crippen molar-refractivity contribution in [2.45, 2.75) is 0 Å². The van der Waals surface area contributed by atoms with Crippen LogP contribution in [0.2, 0.25) is 0 Å². The Kier molecular flexibility index (Phi) is 60.6. The second-order valence-corrected chi connectivity index (χ2v) is 4.53. The maximum absolute atomic E-state index is 9.63. The molecule has 0 atom stereocenters. The van der Waals surface area contributed by atoms with E-state index in [-0.39, 0.29) is 235 Å². The van der Waals surface area contributed by atoms with Crippen molar-refractivity contribution < 1.29 is 47.1 Å². The molecule has 0 amide bonds. The van der Waals surface area contributed by atoms with Crippen molar-refractivity contribution in [3.8, 4) is 0 Å². The van der Waals surface area contributed by atoms with E-state index < -0.39 is 24.8 Å². The molecule has 18 heavy (non-hydrogen) atoms. The molecule has 0 aromatic rings. The van der Waals surface area contributed by atoms with Gasteiger partial charge in [0.15, 0.2) is 0 Å². The Morgan fingerprint density at radius 3 is 0.889 bits per heavy atom. The van der Waals surface area contributed by atoms with Crippen molar-refractivity contribution in [3.63, 3.8) is 0 Å². The predicted molar refractivity (Wildman–Crippen MR) is 71.8 cm³/mol. The van der Waals surface area contributed by atoms with Crippen LogP contribution in [0.25, 0.3) is 0 Å². The molecule has 0 unspecified atom stereocenters. The third-order valence-electron chi connectivity index (χ3n) is 0.213. The Hall–Kier alpha value is 7.42. The molecule has 0 aromatic carbocycles. The molecule has 0 fully saturated rings. The summed E-state index contributed by atoms with van der Waals surface area (Å²) in [6.45, 7) is 0. The summed E-state index contributed by atoms with van der Waals surface area (Å²) in [5.74, 6) is 0. The first-order valence-electron chi connectivity index (χ1n) is 2.18. The van der Waals surface area contributed by atoms with Crippen molar-refractivity contribution in [1.29, 1.82) is 0 Å². The van der Waals surface area contributed by atoms with E-state index in [1.807, 2.05) is 0 Å². The van der Waals surface area contributed by atoms with Crippen molar-refractivity contribution in [2.75, 3.05) is 0 Å². The summed E-state index contributed by atoms with van der Waals surface area (Å²) in [6, 6.07) is 0. The van der Waals surface area contributed by atoms with Gasteiger partial charge in [-0.15, -0.1) is 0 Å². The minimum atomic E-state index is -5.05. The molecule has 0 rings (SSSR count). The van der Waals surface area contributed by atoms with Gasteiger partial charge in [-0.2, -0.15) is 4.31 Å². The fourth-order valence-electron chi connectivity index (χ4n) is 0.139. The molecular formula is H11K4NaO10P2Si. The molecule has 10 nitrogen and oxygen atoms in total. The van der Waals surface area contributed by atoms with Crippen molar-refractivity contribution in [2.24, 2.45) is 0 Å². The van der Waals surface area contributed by atoms with E-state index in [0.29, 0.717) is 0 Å². The van der Waals surface area contributed by atoms with Crippen LogP contribution in [0.1, 0.15) is 0 Å². The molecule has 0 bridgehead atoms. The monoisotopic (exact) mass is 440 g/mol. The number of hydrogen-bond acceptors (Lipinski definition) is 4. The Morgan fingerprint density at radius 1 is 0.778 bits per heavy atom. The molecule has 6 N–H and O–H groups in total. The Balaban J connectivity index is -0.0000000243. The van der Waals surface area contributed by atoms with Crippen LogP contribution in [0.15, 0.2) is 0 Å². The second-order valence-electron chi connectivity index (χ2n) is 1.35. The molecule has 0 spiro atoms. The van der Waals surface area contributed by atoms with E-state index in [9.17, 15) is 9.13 Å². The van der Waals surface area contributed by atoms with Crippen LogP contribution in [-0.2, 0) is 17.9 Å². The van der Waals surface area contributed by atoms with Crippen molar-refractivity contribution in [1.82, 2.24) is 0 Å². The van der Waals surface area contributed by atoms with E-state index in [2.05, 4.69) is 4.31 Å². The van der Waals surface area contributed by atoms with Gasteiger partial charge in [0.25, 0.3) is 0 Å². The second kappa shape index (κ2) is 24.4. The number of rotatable bonds is 2. The van der Waals surface area contributed by atoms with E-state index in [1.165, 1.54) is 0 Å². The molecule has 90 valence electrons. The summed E-state index contributed by atoms with van der Waals surface area (Å²) in [6.07, 6.45) is 0. The predicted octanol–water partition coefficient (Wildman–Crippen LogP) is -5.67. The average molecular weight is 440 g/mol. The van der Waals surface area contributed by atoms with Crippen LogP contribution in [0.4, 0.5) is 0 Å². The summed E-state index contributed by atoms with van der Waals surface area (Å²) in [5, 5.41) is 0. The van der Waals surface area contributed by atoms with Gasteiger partial charge in [0, 0.05) is 0 Å². The Bertz CT molecular complexity index is 237. The summed E-state index contributed by atoms with van der Waals surface area (Å²) in [4.78, 5) is 45.3. The topological polar surface area (TPSA) is 182 Å². The Morgan fingerprint density at radius 2 is 0.889 bits per heavy atom. The van der Waals surface area contributed by atoms with Gasteiger partial charge in [0.1, 0.15) is 0 Å². The molecule has 0 heterocycles. The normalized spacial score (nSPS) is 8.22. The SMILES string of the molecule is O=P(O)(O)OP(=O)(O)O.O=[Si](O)O.[KH].[KH].[KH].[KH].[NaH]. The van der Waals surface area contributed by atoms with Gasteiger partial charge in [-0.1, -0.05) is 0 Å². The van der Waals surface area contributed by atoms with Crippen molar-refractivity contribution >= 4 is 260 Å². The van der Waals surface area contributed by atoms with Crippen LogP contribution in [0.5, 0.6) is 0 Å². The maximum atomic E-state index is 9.63. The van der Waals surface area contributed by atoms with Gasteiger partial charge in [0.2, 0.25) is 0 Å². The molecule has 0 aromatic heterocycles. The number of hydrogen-bond donors (Lipinski definition) is 6. The third kappa shape index (κ3) is 65.4.